The highest BCUT2D eigenvalue weighted by atomic mass is 16.6. The van der Waals surface area contributed by atoms with Gasteiger partial charge in [-0.05, 0) is 18.4 Å². The van der Waals surface area contributed by atoms with Crippen molar-refractivity contribution in [3.63, 3.8) is 0 Å². The van der Waals surface area contributed by atoms with Crippen molar-refractivity contribution in [1.82, 2.24) is 5.32 Å². The van der Waals surface area contributed by atoms with Gasteiger partial charge in [0.1, 0.15) is 0 Å². The van der Waals surface area contributed by atoms with Crippen LogP contribution in [-0.4, -0.2) is 40.7 Å². The van der Waals surface area contributed by atoms with Gasteiger partial charge in [-0.15, -0.1) is 0 Å². The number of carbonyl (C=O) groups is 2. The number of non-ortho nitro benzene ring substituents is 1. The van der Waals surface area contributed by atoms with Crippen LogP contribution >= 0.6 is 0 Å². The van der Waals surface area contributed by atoms with Crippen LogP contribution in [0.4, 0.5) is 5.69 Å². The summed E-state index contributed by atoms with van der Waals surface area (Å²) in [6.07, 6.45) is 0.654. The first-order valence-corrected chi connectivity index (χ1v) is 7.24. The van der Waals surface area contributed by atoms with Crippen molar-refractivity contribution < 1.29 is 24.4 Å². The molecule has 124 valence electrons. The molecule has 1 aromatic rings. The second-order valence-electron chi connectivity index (χ2n) is 5.62. The number of nitrogens with one attached hydrogen (secondary N) is 1. The van der Waals surface area contributed by atoms with E-state index in [0.29, 0.717) is 31.6 Å². The zero-order chi connectivity index (χ0) is 16.9. The van der Waals surface area contributed by atoms with Gasteiger partial charge in [0.2, 0.25) is 5.91 Å². The van der Waals surface area contributed by atoms with Gasteiger partial charge in [-0.3, -0.25) is 19.7 Å². The maximum absolute atomic E-state index is 12.2. The molecule has 2 N–H and O–H groups in total. The molecule has 0 spiro atoms. The fraction of sp³-hybridized carbons (Fsp3) is 0.467. The molecule has 0 aliphatic carbocycles. The molecule has 2 rings (SSSR count). The van der Waals surface area contributed by atoms with Crippen molar-refractivity contribution in [2.75, 3.05) is 13.2 Å². The number of nitro groups is 1. The Hall–Kier alpha value is -2.48. The molecule has 1 aromatic carbocycles. The van der Waals surface area contributed by atoms with E-state index in [0.717, 1.165) is 0 Å². The molecule has 1 heterocycles. The van der Waals surface area contributed by atoms with E-state index in [1.165, 1.54) is 18.2 Å². The molecule has 1 amide bonds. The van der Waals surface area contributed by atoms with E-state index in [1.807, 2.05) is 0 Å². The molecule has 0 atom stereocenters. The number of aliphatic carboxylic acids is 1. The first-order valence-electron chi connectivity index (χ1n) is 7.24. The second kappa shape index (κ2) is 7.19. The van der Waals surface area contributed by atoms with Crippen LogP contribution in [-0.2, 0) is 20.7 Å². The smallest absolute Gasteiger partial charge is 0.305 e. The largest absolute Gasteiger partial charge is 0.481 e. The number of ether oxygens (including phenoxy) is 1. The van der Waals surface area contributed by atoms with Crippen molar-refractivity contribution >= 4 is 17.6 Å². The number of rotatable bonds is 6. The summed E-state index contributed by atoms with van der Waals surface area (Å²) in [5.41, 5.74) is -0.391. The highest BCUT2D eigenvalue weighted by Gasteiger charge is 2.36. The molecule has 23 heavy (non-hydrogen) atoms. The van der Waals surface area contributed by atoms with Gasteiger partial charge in [-0.25, -0.2) is 0 Å². The highest BCUT2D eigenvalue weighted by molar-refractivity contribution is 5.80. The van der Waals surface area contributed by atoms with Crippen molar-refractivity contribution in [1.29, 1.82) is 0 Å². The van der Waals surface area contributed by atoms with Crippen LogP contribution in [0, 0.1) is 10.1 Å². The lowest BCUT2D eigenvalue weighted by molar-refractivity contribution is -0.384. The van der Waals surface area contributed by atoms with Gasteiger partial charge in [0.15, 0.2) is 0 Å². The summed E-state index contributed by atoms with van der Waals surface area (Å²) >= 11 is 0. The third-order valence-corrected chi connectivity index (χ3v) is 3.83. The summed E-state index contributed by atoms with van der Waals surface area (Å²) in [4.78, 5) is 33.5. The standard InChI is InChI=1S/C15H18N2O6/c18-13(9-11-2-1-3-12(8-11)17(21)22)16-15(10-14(19)20)4-6-23-7-5-15/h1-3,8H,4-7,9-10H2,(H,16,18)(H,19,20). The molecule has 0 bridgehead atoms. The Morgan fingerprint density at radius 1 is 1.35 bits per heavy atom. The van der Waals surface area contributed by atoms with Crippen LogP contribution in [0.5, 0.6) is 0 Å². The normalized spacial score (nSPS) is 16.5. The van der Waals surface area contributed by atoms with Gasteiger partial charge in [-0.1, -0.05) is 12.1 Å². The first kappa shape index (κ1) is 16.9. The van der Waals surface area contributed by atoms with Crippen LogP contribution in [0.15, 0.2) is 24.3 Å². The van der Waals surface area contributed by atoms with E-state index in [1.54, 1.807) is 6.07 Å². The summed E-state index contributed by atoms with van der Waals surface area (Å²) in [5.74, 6) is -1.34. The molecular weight excluding hydrogens is 304 g/mol. The minimum absolute atomic E-state index is 0.0378. The van der Waals surface area contributed by atoms with Gasteiger partial charge < -0.3 is 15.2 Å². The molecule has 8 nitrogen and oxygen atoms in total. The number of carboxylic acids is 1. The quantitative estimate of drug-likeness (QED) is 0.601. The molecule has 1 saturated heterocycles. The predicted molar refractivity (Wildman–Crippen MR) is 80.0 cm³/mol. The Bertz CT molecular complexity index is 610. The maximum Gasteiger partial charge on any atom is 0.305 e. The monoisotopic (exact) mass is 322 g/mol. The Labute approximate surface area is 132 Å². The fourth-order valence-corrected chi connectivity index (χ4v) is 2.70. The summed E-state index contributed by atoms with van der Waals surface area (Å²) in [6.45, 7) is 0.786. The van der Waals surface area contributed by atoms with Crippen LogP contribution in [0.3, 0.4) is 0 Å². The SMILES string of the molecule is O=C(O)CC1(NC(=O)Cc2cccc([N+](=O)[O-])c2)CCOCC1. The molecule has 1 aliphatic heterocycles. The molecule has 1 aliphatic rings. The van der Waals surface area contributed by atoms with E-state index < -0.39 is 16.4 Å². The third-order valence-electron chi connectivity index (χ3n) is 3.83. The van der Waals surface area contributed by atoms with Crippen molar-refractivity contribution in [3.8, 4) is 0 Å². The molecule has 0 saturated carbocycles. The molecule has 0 radical (unpaired) electrons. The summed E-state index contributed by atoms with van der Waals surface area (Å²) < 4.78 is 5.23. The number of carbonyl (C=O) groups excluding carboxylic acids is 1. The Morgan fingerprint density at radius 3 is 2.65 bits per heavy atom. The van der Waals surface area contributed by atoms with E-state index >= 15 is 0 Å². The first-order chi connectivity index (χ1) is 10.9. The van der Waals surface area contributed by atoms with Crippen molar-refractivity contribution in [3.05, 3.63) is 39.9 Å². The third kappa shape index (κ3) is 4.75. The molecule has 8 heteroatoms. The summed E-state index contributed by atoms with van der Waals surface area (Å²) in [5, 5.41) is 22.6. The Balaban J connectivity index is 2.05. The van der Waals surface area contributed by atoms with Gasteiger partial charge in [-0.2, -0.15) is 0 Å². The van der Waals surface area contributed by atoms with Crippen LogP contribution in [0.25, 0.3) is 0 Å². The number of amides is 1. The number of nitro benzene ring substituents is 1. The van der Waals surface area contributed by atoms with Crippen LogP contribution in [0.2, 0.25) is 0 Å². The minimum atomic E-state index is -0.984. The number of carboxylic acid groups (broad SMARTS) is 1. The summed E-state index contributed by atoms with van der Waals surface area (Å²) in [7, 11) is 0. The molecular formula is C15H18N2O6. The van der Waals surface area contributed by atoms with Crippen LogP contribution < -0.4 is 5.32 Å². The van der Waals surface area contributed by atoms with E-state index in [4.69, 9.17) is 9.84 Å². The number of hydrogen-bond acceptors (Lipinski definition) is 5. The lowest BCUT2D eigenvalue weighted by atomic mass is 9.86. The fourth-order valence-electron chi connectivity index (χ4n) is 2.70. The van der Waals surface area contributed by atoms with Crippen LogP contribution in [0.1, 0.15) is 24.8 Å². The molecule has 1 fully saturated rings. The topological polar surface area (TPSA) is 119 Å². The lowest BCUT2D eigenvalue weighted by Gasteiger charge is -2.36. The minimum Gasteiger partial charge on any atom is -0.481 e. The van der Waals surface area contributed by atoms with Gasteiger partial charge >= 0.3 is 5.97 Å². The predicted octanol–water partition coefficient (Wildman–Crippen LogP) is 1.28. The van der Waals surface area contributed by atoms with E-state index in [2.05, 4.69) is 5.32 Å². The van der Waals surface area contributed by atoms with Crippen molar-refractivity contribution in [2.24, 2.45) is 0 Å². The molecule has 0 aromatic heterocycles. The second-order valence-corrected chi connectivity index (χ2v) is 5.62. The van der Waals surface area contributed by atoms with Gasteiger partial charge in [0, 0.05) is 25.3 Å². The van der Waals surface area contributed by atoms with Gasteiger partial charge in [0.25, 0.3) is 5.69 Å². The Kier molecular flexibility index (Phi) is 5.28. The highest BCUT2D eigenvalue weighted by Crippen LogP contribution is 2.25. The van der Waals surface area contributed by atoms with Crippen molar-refractivity contribution in [2.45, 2.75) is 31.2 Å². The average molecular weight is 322 g/mol. The summed E-state index contributed by atoms with van der Waals surface area (Å²) in [6, 6.07) is 5.84. The number of benzene rings is 1. The Morgan fingerprint density at radius 2 is 2.04 bits per heavy atom. The zero-order valence-electron chi connectivity index (χ0n) is 12.5. The maximum atomic E-state index is 12.2. The number of nitrogens with zero attached hydrogens (tertiary/aromatic N) is 1. The molecule has 0 unspecified atom stereocenters. The van der Waals surface area contributed by atoms with Gasteiger partial charge in [0.05, 0.1) is 23.3 Å². The van der Waals surface area contributed by atoms with E-state index in [9.17, 15) is 19.7 Å². The lowest BCUT2D eigenvalue weighted by Crippen LogP contribution is -2.53. The number of hydrogen-bond donors (Lipinski definition) is 2. The zero-order valence-corrected chi connectivity index (χ0v) is 12.5. The van der Waals surface area contributed by atoms with E-state index in [-0.39, 0.29) is 24.4 Å². The average Bonchev–Trinajstić information content (AvgIpc) is 2.47.